The van der Waals surface area contributed by atoms with Gasteiger partial charge in [0.15, 0.2) is 0 Å². The van der Waals surface area contributed by atoms with Crippen LogP contribution in [0.3, 0.4) is 0 Å². The molecule has 0 aliphatic heterocycles. The molecular formula is C9H15N3O. The zero-order valence-corrected chi connectivity index (χ0v) is 7.63. The summed E-state index contributed by atoms with van der Waals surface area (Å²) in [6.45, 7) is 0.337. The largest absolute Gasteiger partial charge is 0.396 e. The Morgan fingerprint density at radius 1 is 1.31 bits per heavy atom. The number of nitrogens with zero attached hydrogens (tertiary/aromatic N) is 3. The third-order valence-electron chi connectivity index (χ3n) is 2.89. The van der Waals surface area contributed by atoms with Crippen molar-refractivity contribution in [3.63, 3.8) is 0 Å². The van der Waals surface area contributed by atoms with Gasteiger partial charge in [0, 0.05) is 6.61 Å². The molecule has 0 aromatic carbocycles. The van der Waals surface area contributed by atoms with E-state index in [0.717, 1.165) is 25.7 Å². The molecule has 0 spiro atoms. The molecule has 13 heavy (non-hydrogen) atoms. The van der Waals surface area contributed by atoms with Gasteiger partial charge in [0.1, 0.15) is 12.7 Å². The standard InChI is InChI=1S/C9H15N3O/c13-5-8-1-3-9(4-2-8)12-7-10-6-11-12/h6-9,13H,1-5H2. The first-order valence-corrected chi connectivity index (χ1v) is 4.85. The molecule has 4 heteroatoms. The highest BCUT2D eigenvalue weighted by Crippen LogP contribution is 2.30. The van der Waals surface area contributed by atoms with Crippen LogP contribution in [0.2, 0.25) is 0 Å². The van der Waals surface area contributed by atoms with Gasteiger partial charge in [-0.2, -0.15) is 5.10 Å². The first-order valence-electron chi connectivity index (χ1n) is 4.85. The van der Waals surface area contributed by atoms with E-state index in [9.17, 15) is 0 Å². The Bertz CT molecular complexity index is 239. The zero-order chi connectivity index (χ0) is 9.10. The topological polar surface area (TPSA) is 50.9 Å². The minimum Gasteiger partial charge on any atom is -0.396 e. The Labute approximate surface area is 77.6 Å². The molecule has 0 amide bonds. The summed E-state index contributed by atoms with van der Waals surface area (Å²) in [6.07, 6.45) is 7.83. The van der Waals surface area contributed by atoms with Gasteiger partial charge in [-0.3, -0.25) is 0 Å². The van der Waals surface area contributed by atoms with E-state index in [1.807, 2.05) is 4.68 Å². The molecule has 1 N–H and O–H groups in total. The summed E-state index contributed by atoms with van der Waals surface area (Å²) in [5, 5.41) is 13.1. The van der Waals surface area contributed by atoms with Crippen molar-refractivity contribution in [1.29, 1.82) is 0 Å². The smallest absolute Gasteiger partial charge is 0.137 e. The SMILES string of the molecule is OCC1CCC(n2cncn2)CC1. The summed E-state index contributed by atoms with van der Waals surface area (Å²) in [4.78, 5) is 3.94. The molecule has 1 aromatic heterocycles. The molecule has 0 atom stereocenters. The third-order valence-corrected chi connectivity index (χ3v) is 2.89. The normalized spacial score (nSPS) is 29.0. The molecule has 0 saturated heterocycles. The molecule has 2 rings (SSSR count). The quantitative estimate of drug-likeness (QED) is 0.740. The van der Waals surface area contributed by atoms with E-state index in [4.69, 9.17) is 5.11 Å². The summed E-state index contributed by atoms with van der Waals surface area (Å²) in [5.74, 6) is 0.514. The average Bonchev–Trinajstić information content (AvgIpc) is 2.71. The Balaban J connectivity index is 1.92. The molecule has 1 fully saturated rings. The Morgan fingerprint density at radius 3 is 2.62 bits per heavy atom. The van der Waals surface area contributed by atoms with Crippen LogP contribution in [0.1, 0.15) is 31.7 Å². The second-order valence-corrected chi connectivity index (χ2v) is 3.73. The highest BCUT2D eigenvalue weighted by Gasteiger charge is 2.21. The number of aromatic nitrogens is 3. The molecule has 1 aliphatic carbocycles. The van der Waals surface area contributed by atoms with Crippen LogP contribution in [-0.4, -0.2) is 26.5 Å². The molecular weight excluding hydrogens is 166 g/mol. The Kier molecular flexibility index (Phi) is 2.59. The van der Waals surface area contributed by atoms with Gasteiger partial charge in [-0.15, -0.1) is 0 Å². The lowest BCUT2D eigenvalue weighted by Crippen LogP contribution is -2.20. The van der Waals surface area contributed by atoms with Gasteiger partial charge in [0.05, 0.1) is 6.04 Å². The Hall–Kier alpha value is -0.900. The maximum absolute atomic E-state index is 8.97. The summed E-state index contributed by atoms with van der Waals surface area (Å²) in [5.41, 5.74) is 0. The van der Waals surface area contributed by atoms with Crippen LogP contribution in [0.15, 0.2) is 12.7 Å². The molecule has 1 aliphatic rings. The maximum atomic E-state index is 8.97. The molecule has 1 aromatic rings. The van der Waals surface area contributed by atoms with Gasteiger partial charge in [0.25, 0.3) is 0 Å². The summed E-state index contributed by atoms with van der Waals surface area (Å²) in [7, 11) is 0. The first-order chi connectivity index (χ1) is 6.40. The van der Waals surface area contributed by atoms with Crippen molar-refractivity contribution in [2.75, 3.05) is 6.61 Å². The van der Waals surface area contributed by atoms with Gasteiger partial charge >= 0.3 is 0 Å². The fraction of sp³-hybridized carbons (Fsp3) is 0.778. The summed E-state index contributed by atoms with van der Waals surface area (Å²) < 4.78 is 1.94. The van der Waals surface area contributed by atoms with E-state index in [1.54, 1.807) is 12.7 Å². The van der Waals surface area contributed by atoms with Crippen LogP contribution >= 0.6 is 0 Å². The second kappa shape index (κ2) is 3.87. The minimum atomic E-state index is 0.337. The molecule has 0 bridgehead atoms. The fourth-order valence-corrected chi connectivity index (χ4v) is 2.00. The average molecular weight is 181 g/mol. The van der Waals surface area contributed by atoms with Crippen molar-refractivity contribution in [3.05, 3.63) is 12.7 Å². The highest BCUT2D eigenvalue weighted by atomic mass is 16.3. The van der Waals surface area contributed by atoms with Gasteiger partial charge in [-0.1, -0.05) is 0 Å². The summed E-state index contributed by atoms with van der Waals surface area (Å²) in [6, 6.07) is 0.505. The van der Waals surface area contributed by atoms with E-state index >= 15 is 0 Å². The molecule has 0 radical (unpaired) electrons. The van der Waals surface area contributed by atoms with Gasteiger partial charge in [-0.05, 0) is 31.6 Å². The molecule has 4 nitrogen and oxygen atoms in total. The predicted octanol–water partition coefficient (Wildman–Crippen LogP) is 1.00. The van der Waals surface area contributed by atoms with Crippen molar-refractivity contribution in [3.8, 4) is 0 Å². The van der Waals surface area contributed by atoms with Crippen molar-refractivity contribution in [2.45, 2.75) is 31.7 Å². The zero-order valence-electron chi connectivity index (χ0n) is 7.63. The maximum Gasteiger partial charge on any atom is 0.137 e. The third kappa shape index (κ3) is 1.88. The van der Waals surface area contributed by atoms with Crippen molar-refractivity contribution in [1.82, 2.24) is 14.8 Å². The van der Waals surface area contributed by atoms with E-state index in [0.29, 0.717) is 18.6 Å². The van der Waals surface area contributed by atoms with Crippen molar-refractivity contribution < 1.29 is 5.11 Å². The van der Waals surface area contributed by atoms with Gasteiger partial charge < -0.3 is 5.11 Å². The van der Waals surface area contributed by atoms with E-state index in [-0.39, 0.29) is 0 Å². The van der Waals surface area contributed by atoms with E-state index in [1.165, 1.54) is 0 Å². The molecule has 0 unspecified atom stereocenters. The number of aliphatic hydroxyl groups is 1. The van der Waals surface area contributed by atoms with E-state index in [2.05, 4.69) is 10.1 Å². The lowest BCUT2D eigenvalue weighted by Gasteiger charge is -2.26. The predicted molar refractivity (Wildman–Crippen MR) is 48.1 cm³/mol. The van der Waals surface area contributed by atoms with E-state index < -0.39 is 0 Å². The van der Waals surface area contributed by atoms with Crippen LogP contribution in [-0.2, 0) is 0 Å². The fourth-order valence-electron chi connectivity index (χ4n) is 2.00. The minimum absolute atomic E-state index is 0.337. The van der Waals surface area contributed by atoms with Gasteiger partial charge in [0.2, 0.25) is 0 Å². The monoisotopic (exact) mass is 181 g/mol. The number of aliphatic hydroxyl groups excluding tert-OH is 1. The van der Waals surface area contributed by atoms with Gasteiger partial charge in [-0.25, -0.2) is 9.67 Å². The molecule has 1 saturated carbocycles. The van der Waals surface area contributed by atoms with Crippen LogP contribution in [0.4, 0.5) is 0 Å². The molecule has 1 heterocycles. The number of rotatable bonds is 2. The first kappa shape index (κ1) is 8.69. The highest BCUT2D eigenvalue weighted by molar-refractivity contribution is 4.76. The van der Waals surface area contributed by atoms with Crippen LogP contribution < -0.4 is 0 Å². The summed E-state index contributed by atoms with van der Waals surface area (Å²) >= 11 is 0. The lowest BCUT2D eigenvalue weighted by atomic mass is 9.87. The van der Waals surface area contributed by atoms with Crippen molar-refractivity contribution >= 4 is 0 Å². The number of hydrogen-bond acceptors (Lipinski definition) is 3. The molecule has 72 valence electrons. The van der Waals surface area contributed by atoms with Crippen LogP contribution in [0.5, 0.6) is 0 Å². The van der Waals surface area contributed by atoms with Crippen LogP contribution in [0.25, 0.3) is 0 Å². The van der Waals surface area contributed by atoms with Crippen molar-refractivity contribution in [2.24, 2.45) is 5.92 Å². The van der Waals surface area contributed by atoms with Crippen LogP contribution in [0, 0.1) is 5.92 Å². The number of hydrogen-bond donors (Lipinski definition) is 1. The Morgan fingerprint density at radius 2 is 2.08 bits per heavy atom. The lowest BCUT2D eigenvalue weighted by molar-refractivity contribution is 0.165. The second-order valence-electron chi connectivity index (χ2n) is 3.73.